The molecule has 0 aliphatic carbocycles. The summed E-state index contributed by atoms with van der Waals surface area (Å²) in [6, 6.07) is 0. The SMILES string of the molecule is CC/C=C\C/C=C\C/C=C\C/C=C\C/C=C\C/C=C\CCCCCCCCCCCCC(=O)OCC(COC(=O)CCCCCCC/C=C\CCCCC)OC(=O)CCCCCCCCCCCCCCCCCCCCCCCCCC. The number of ether oxygens (including phenoxy) is 3. The second-order valence-corrected chi connectivity index (χ2v) is 24.1. The summed E-state index contributed by atoms with van der Waals surface area (Å²) in [5, 5.41) is 0. The van der Waals surface area contributed by atoms with E-state index in [9.17, 15) is 14.4 Å². The van der Waals surface area contributed by atoms with Gasteiger partial charge in [-0.2, -0.15) is 0 Å². The summed E-state index contributed by atoms with van der Waals surface area (Å²) in [5.74, 6) is -0.870. The number of hydrogen-bond acceptors (Lipinski definition) is 6. The highest BCUT2D eigenvalue weighted by Gasteiger charge is 2.19. The average Bonchev–Trinajstić information content (AvgIpc) is 3.49. The minimum Gasteiger partial charge on any atom is -0.462 e. The molecule has 1 unspecified atom stereocenters. The molecule has 0 N–H and O–H groups in total. The Hall–Kier alpha value is -3.41. The van der Waals surface area contributed by atoms with E-state index in [0.29, 0.717) is 19.3 Å². The van der Waals surface area contributed by atoms with Crippen molar-refractivity contribution in [2.75, 3.05) is 13.2 Å². The Labute approximate surface area is 515 Å². The molecule has 0 radical (unpaired) electrons. The van der Waals surface area contributed by atoms with Crippen molar-refractivity contribution in [2.45, 2.75) is 374 Å². The lowest BCUT2D eigenvalue weighted by atomic mass is 10.0. The number of esters is 3. The molecule has 1 atom stereocenters. The molecule has 0 saturated carbocycles. The maximum Gasteiger partial charge on any atom is 0.306 e. The molecule has 480 valence electrons. The maximum absolute atomic E-state index is 13.0. The summed E-state index contributed by atoms with van der Waals surface area (Å²) in [5.41, 5.74) is 0. The normalized spacial score (nSPS) is 12.6. The Morgan fingerprint density at radius 3 is 0.771 bits per heavy atom. The smallest absolute Gasteiger partial charge is 0.306 e. The van der Waals surface area contributed by atoms with Crippen molar-refractivity contribution in [1.29, 1.82) is 0 Å². The van der Waals surface area contributed by atoms with Gasteiger partial charge >= 0.3 is 17.9 Å². The van der Waals surface area contributed by atoms with Crippen molar-refractivity contribution in [3.05, 3.63) is 85.1 Å². The van der Waals surface area contributed by atoms with Gasteiger partial charge in [-0.15, -0.1) is 0 Å². The number of rotatable bonds is 66. The molecule has 0 aliphatic heterocycles. The highest BCUT2D eigenvalue weighted by atomic mass is 16.6. The van der Waals surface area contributed by atoms with Crippen LogP contribution in [0.3, 0.4) is 0 Å². The van der Waals surface area contributed by atoms with Crippen molar-refractivity contribution >= 4 is 17.9 Å². The fourth-order valence-electron chi connectivity index (χ4n) is 10.5. The third kappa shape index (κ3) is 69.3. The van der Waals surface area contributed by atoms with Gasteiger partial charge in [0.05, 0.1) is 0 Å². The van der Waals surface area contributed by atoms with Crippen LogP contribution in [0.25, 0.3) is 0 Å². The Kier molecular flexibility index (Phi) is 68.2. The zero-order chi connectivity index (χ0) is 59.9. The molecule has 0 amide bonds. The second kappa shape index (κ2) is 71.1. The standard InChI is InChI=1S/C77H136O6/c1-4-7-10-13-16-19-22-25-27-29-31-33-35-37-38-39-40-41-43-44-46-48-50-52-55-58-61-64-67-70-76(79)82-73-74(72-81-75(78)69-66-63-60-57-54-24-21-18-15-12-9-6-3)83-77(80)71-68-65-62-59-56-53-51-49-47-45-42-36-34-32-30-28-26-23-20-17-14-11-8-5-2/h7,10,16,18-19,21,25,27,31,33,37-38,40-41,74H,4-6,8-9,11-15,17,20,22-24,26,28-30,32,34-36,39,42-73H2,1-3H3/b10-7-,19-16-,21-18-,27-25-,33-31-,38-37-,41-40-. The summed E-state index contributed by atoms with van der Waals surface area (Å²) < 4.78 is 17.0. The molecule has 0 fully saturated rings. The molecule has 6 heteroatoms. The zero-order valence-electron chi connectivity index (χ0n) is 55.2. The van der Waals surface area contributed by atoms with Gasteiger partial charge in [-0.05, 0) is 96.3 Å². The first kappa shape index (κ1) is 79.6. The molecular formula is C77H136O6. The molecule has 0 aromatic rings. The monoisotopic (exact) mass is 1160 g/mol. The van der Waals surface area contributed by atoms with Crippen molar-refractivity contribution in [1.82, 2.24) is 0 Å². The van der Waals surface area contributed by atoms with E-state index in [0.717, 1.165) is 103 Å². The highest BCUT2D eigenvalue weighted by molar-refractivity contribution is 5.71. The van der Waals surface area contributed by atoms with Gasteiger partial charge in [-0.25, -0.2) is 0 Å². The number of carbonyl (C=O) groups excluding carboxylic acids is 3. The number of unbranched alkanes of at least 4 members (excludes halogenated alkanes) is 41. The van der Waals surface area contributed by atoms with Gasteiger partial charge in [0.2, 0.25) is 0 Å². The number of hydrogen-bond donors (Lipinski definition) is 0. The van der Waals surface area contributed by atoms with Crippen LogP contribution in [0.5, 0.6) is 0 Å². The Morgan fingerprint density at radius 1 is 0.253 bits per heavy atom. The summed E-state index contributed by atoms with van der Waals surface area (Å²) in [6.07, 6.45) is 94.8. The highest BCUT2D eigenvalue weighted by Crippen LogP contribution is 2.18. The number of carbonyl (C=O) groups is 3. The molecule has 0 aliphatic rings. The van der Waals surface area contributed by atoms with Crippen LogP contribution in [0.4, 0.5) is 0 Å². The van der Waals surface area contributed by atoms with Crippen LogP contribution in [-0.2, 0) is 28.6 Å². The third-order valence-corrected chi connectivity index (χ3v) is 15.9. The van der Waals surface area contributed by atoms with Gasteiger partial charge in [-0.3, -0.25) is 14.4 Å². The van der Waals surface area contributed by atoms with Gasteiger partial charge in [0, 0.05) is 19.3 Å². The van der Waals surface area contributed by atoms with Crippen molar-refractivity contribution in [2.24, 2.45) is 0 Å². The summed E-state index contributed by atoms with van der Waals surface area (Å²) >= 11 is 0. The average molecular weight is 1160 g/mol. The predicted molar refractivity (Wildman–Crippen MR) is 362 cm³/mol. The topological polar surface area (TPSA) is 78.9 Å². The van der Waals surface area contributed by atoms with Crippen LogP contribution in [0, 0.1) is 0 Å². The molecular weight excluding hydrogens is 1020 g/mol. The fourth-order valence-corrected chi connectivity index (χ4v) is 10.5. The molecule has 0 bridgehead atoms. The lowest BCUT2D eigenvalue weighted by molar-refractivity contribution is -0.167. The van der Waals surface area contributed by atoms with Crippen LogP contribution in [0.1, 0.15) is 367 Å². The molecule has 6 nitrogen and oxygen atoms in total. The lowest BCUT2D eigenvalue weighted by Crippen LogP contribution is -2.30. The molecule has 0 spiro atoms. The quantitative estimate of drug-likeness (QED) is 0.0261. The summed E-state index contributed by atoms with van der Waals surface area (Å²) in [6.45, 7) is 6.55. The number of allylic oxidation sites excluding steroid dienone is 14. The van der Waals surface area contributed by atoms with E-state index < -0.39 is 6.10 Å². The first-order chi connectivity index (χ1) is 41.0. The second-order valence-electron chi connectivity index (χ2n) is 24.1. The molecule has 0 heterocycles. The molecule has 0 aromatic heterocycles. The molecule has 0 rings (SSSR count). The first-order valence-electron chi connectivity index (χ1n) is 36.1. The van der Waals surface area contributed by atoms with E-state index in [2.05, 4.69) is 106 Å². The summed E-state index contributed by atoms with van der Waals surface area (Å²) in [7, 11) is 0. The third-order valence-electron chi connectivity index (χ3n) is 15.9. The van der Waals surface area contributed by atoms with Gasteiger partial charge in [0.15, 0.2) is 6.10 Å². The Bertz CT molecular complexity index is 1570. The largest absolute Gasteiger partial charge is 0.462 e. The van der Waals surface area contributed by atoms with Crippen LogP contribution in [-0.4, -0.2) is 37.2 Å². The van der Waals surface area contributed by atoms with E-state index >= 15 is 0 Å². The minimum absolute atomic E-state index is 0.0776. The maximum atomic E-state index is 13.0. The zero-order valence-corrected chi connectivity index (χ0v) is 55.2. The Balaban J connectivity index is 4.24. The van der Waals surface area contributed by atoms with Gasteiger partial charge < -0.3 is 14.2 Å². The minimum atomic E-state index is -0.781. The van der Waals surface area contributed by atoms with Crippen LogP contribution in [0.15, 0.2) is 85.1 Å². The van der Waals surface area contributed by atoms with E-state index in [-0.39, 0.29) is 31.1 Å². The van der Waals surface area contributed by atoms with Crippen LogP contribution < -0.4 is 0 Å². The first-order valence-corrected chi connectivity index (χ1v) is 36.1. The van der Waals surface area contributed by atoms with Crippen LogP contribution >= 0.6 is 0 Å². The summed E-state index contributed by atoms with van der Waals surface area (Å²) in [4.78, 5) is 38.4. The van der Waals surface area contributed by atoms with Crippen molar-refractivity contribution in [3.63, 3.8) is 0 Å². The molecule has 0 saturated heterocycles. The Morgan fingerprint density at radius 2 is 0.470 bits per heavy atom. The van der Waals surface area contributed by atoms with Crippen LogP contribution in [0.2, 0.25) is 0 Å². The van der Waals surface area contributed by atoms with Crippen molar-refractivity contribution < 1.29 is 28.6 Å². The van der Waals surface area contributed by atoms with Gasteiger partial charge in [0.25, 0.3) is 0 Å². The van der Waals surface area contributed by atoms with E-state index in [4.69, 9.17) is 14.2 Å². The molecule has 83 heavy (non-hydrogen) atoms. The lowest BCUT2D eigenvalue weighted by Gasteiger charge is -2.18. The van der Waals surface area contributed by atoms with Gasteiger partial charge in [0.1, 0.15) is 13.2 Å². The van der Waals surface area contributed by atoms with E-state index in [1.54, 1.807) is 0 Å². The van der Waals surface area contributed by atoms with Gasteiger partial charge in [-0.1, -0.05) is 337 Å². The molecule has 0 aromatic carbocycles. The van der Waals surface area contributed by atoms with E-state index in [1.165, 1.54) is 225 Å². The predicted octanol–water partition coefficient (Wildman–Crippen LogP) is 25.0. The van der Waals surface area contributed by atoms with E-state index in [1.807, 2.05) is 0 Å². The van der Waals surface area contributed by atoms with Crippen molar-refractivity contribution in [3.8, 4) is 0 Å². The fraction of sp³-hybridized carbons (Fsp3) is 0.779.